The van der Waals surface area contributed by atoms with Crippen LogP contribution in [0.3, 0.4) is 0 Å². The van der Waals surface area contributed by atoms with Crippen LogP contribution in [0.1, 0.15) is 27.2 Å². The number of thiophene rings is 1. The number of carbonyl (C=O) groups is 1. The number of alkyl halides is 4. The van der Waals surface area contributed by atoms with E-state index in [0.29, 0.717) is 33.6 Å². The van der Waals surface area contributed by atoms with Crippen molar-refractivity contribution in [1.82, 2.24) is 4.90 Å². The van der Waals surface area contributed by atoms with Crippen LogP contribution in [0.25, 0.3) is 21.2 Å². The molecule has 4 aromatic rings. The molecule has 38 heavy (non-hydrogen) atoms. The van der Waals surface area contributed by atoms with E-state index in [4.69, 9.17) is 4.74 Å². The lowest BCUT2D eigenvalue weighted by Crippen LogP contribution is -2.48. The van der Waals surface area contributed by atoms with E-state index in [-0.39, 0.29) is 23.2 Å². The first-order valence-corrected chi connectivity index (χ1v) is 13.0. The van der Waals surface area contributed by atoms with Gasteiger partial charge in [-0.3, -0.25) is 9.18 Å². The topological polar surface area (TPSA) is 49.8 Å². The second kappa shape index (κ2) is 10.7. The molecule has 5 rings (SSSR count). The highest BCUT2D eigenvalue weighted by atomic mass is 32.1. The van der Waals surface area contributed by atoms with Gasteiger partial charge in [0.2, 0.25) is 5.78 Å². The molecule has 1 N–H and O–H groups in total. The first kappa shape index (κ1) is 26.2. The quantitative estimate of drug-likeness (QED) is 0.138. The Balaban J connectivity index is 1.40. The number of phenolic OH excluding ortho intramolecular Hbond substituents is 1. The van der Waals surface area contributed by atoms with Crippen molar-refractivity contribution in [2.45, 2.75) is 12.6 Å². The van der Waals surface area contributed by atoms with E-state index in [1.165, 1.54) is 30.3 Å². The van der Waals surface area contributed by atoms with Gasteiger partial charge < -0.3 is 14.7 Å². The summed E-state index contributed by atoms with van der Waals surface area (Å²) >= 11 is 1.05. The third-order valence-electron chi connectivity index (χ3n) is 6.64. The fraction of sp³-hybridized carbons (Fsp3) is 0.276. The summed E-state index contributed by atoms with van der Waals surface area (Å²) < 4.78 is 60.0. The third-order valence-corrected chi connectivity index (χ3v) is 7.79. The molecule has 198 valence electrons. The predicted molar refractivity (Wildman–Crippen MR) is 140 cm³/mol. The first-order chi connectivity index (χ1) is 18.2. The number of likely N-dealkylation sites (tertiary alicyclic amines) is 1. The molecule has 0 spiro atoms. The lowest BCUT2D eigenvalue weighted by molar-refractivity contribution is -0.137. The molecule has 1 aromatic heterocycles. The summed E-state index contributed by atoms with van der Waals surface area (Å²) in [6.45, 7) is 2.63. The van der Waals surface area contributed by atoms with Crippen molar-refractivity contribution in [3.63, 3.8) is 0 Å². The molecule has 0 aliphatic carbocycles. The molecule has 1 saturated heterocycles. The number of fused-ring (bicyclic) bond motifs is 1. The van der Waals surface area contributed by atoms with Gasteiger partial charge in [-0.15, -0.1) is 11.3 Å². The van der Waals surface area contributed by atoms with Crippen LogP contribution in [0, 0.1) is 5.92 Å². The van der Waals surface area contributed by atoms with Gasteiger partial charge in [-0.1, -0.05) is 30.3 Å². The number of ether oxygens (including phenoxy) is 1. The van der Waals surface area contributed by atoms with Crippen molar-refractivity contribution in [3.8, 4) is 22.6 Å². The van der Waals surface area contributed by atoms with Crippen molar-refractivity contribution < 1.29 is 32.2 Å². The summed E-state index contributed by atoms with van der Waals surface area (Å²) in [6.07, 6.45) is -3.87. The fourth-order valence-corrected chi connectivity index (χ4v) is 5.95. The fourth-order valence-electron chi connectivity index (χ4n) is 4.74. The van der Waals surface area contributed by atoms with Gasteiger partial charge in [-0.25, -0.2) is 0 Å². The lowest BCUT2D eigenvalue weighted by atomic mass is 9.96. The van der Waals surface area contributed by atoms with Gasteiger partial charge in [0.1, 0.15) is 11.5 Å². The molecule has 0 radical (unpaired) electrons. The summed E-state index contributed by atoms with van der Waals surface area (Å²) in [4.78, 5) is 15.9. The standard InChI is InChI=1S/C29H25F4NO3S/c30-15-18-16-34(17-18)12-3-13-37-21-9-6-19(7-10-21)26-23-11-8-20(35)14-25(23)38-28(26)27(36)22-4-1-2-5-24(22)29(31,32)33/h1-2,4-11,14,18,35H,3,12-13,15-17H2. The van der Waals surface area contributed by atoms with Crippen molar-refractivity contribution in [2.24, 2.45) is 5.92 Å². The average Bonchev–Trinajstić information content (AvgIpc) is 3.25. The minimum absolute atomic E-state index is 0.00202. The number of nitrogens with zero attached hydrogens (tertiary/aromatic N) is 1. The van der Waals surface area contributed by atoms with Crippen LogP contribution in [0.5, 0.6) is 11.5 Å². The zero-order valence-electron chi connectivity index (χ0n) is 20.3. The van der Waals surface area contributed by atoms with Gasteiger partial charge in [-0.05, 0) is 48.4 Å². The van der Waals surface area contributed by atoms with Gasteiger partial charge in [0.15, 0.2) is 0 Å². The van der Waals surface area contributed by atoms with Crippen molar-refractivity contribution in [1.29, 1.82) is 0 Å². The summed E-state index contributed by atoms with van der Waals surface area (Å²) in [5, 5.41) is 10.6. The largest absolute Gasteiger partial charge is 0.508 e. The van der Waals surface area contributed by atoms with Crippen LogP contribution in [-0.2, 0) is 6.18 Å². The molecule has 0 amide bonds. The maximum atomic E-state index is 13.7. The highest BCUT2D eigenvalue weighted by Crippen LogP contribution is 2.43. The number of rotatable bonds is 9. The molecule has 1 aliphatic rings. The zero-order valence-corrected chi connectivity index (χ0v) is 21.1. The smallest absolute Gasteiger partial charge is 0.417 e. The average molecular weight is 544 g/mol. The minimum Gasteiger partial charge on any atom is -0.508 e. The molecule has 0 saturated carbocycles. The molecule has 9 heteroatoms. The summed E-state index contributed by atoms with van der Waals surface area (Å²) in [6, 6.07) is 16.5. The number of hydrogen-bond acceptors (Lipinski definition) is 5. The van der Waals surface area contributed by atoms with Gasteiger partial charge >= 0.3 is 6.18 Å². The Labute approximate surface area is 221 Å². The number of ketones is 1. The van der Waals surface area contributed by atoms with Gasteiger partial charge in [0, 0.05) is 46.8 Å². The first-order valence-electron chi connectivity index (χ1n) is 12.2. The number of aromatic hydroxyl groups is 1. The van der Waals surface area contributed by atoms with Crippen LogP contribution >= 0.6 is 11.3 Å². The zero-order chi connectivity index (χ0) is 26.9. The number of phenols is 1. The van der Waals surface area contributed by atoms with Crippen LogP contribution in [0.15, 0.2) is 66.7 Å². The normalized spacial score (nSPS) is 14.5. The molecular formula is C29H25F4NO3S. The number of hydrogen-bond donors (Lipinski definition) is 1. The molecule has 3 aromatic carbocycles. The monoisotopic (exact) mass is 543 g/mol. The Morgan fingerprint density at radius 1 is 1.05 bits per heavy atom. The van der Waals surface area contributed by atoms with E-state index in [1.807, 2.05) is 0 Å². The van der Waals surface area contributed by atoms with Crippen molar-refractivity contribution >= 4 is 27.2 Å². The Hall–Kier alpha value is -3.43. The van der Waals surface area contributed by atoms with E-state index in [1.54, 1.807) is 30.3 Å². The minimum atomic E-state index is -4.68. The van der Waals surface area contributed by atoms with Gasteiger partial charge in [0.25, 0.3) is 0 Å². The lowest BCUT2D eigenvalue weighted by Gasteiger charge is -2.37. The Morgan fingerprint density at radius 2 is 1.79 bits per heavy atom. The molecule has 4 nitrogen and oxygen atoms in total. The summed E-state index contributed by atoms with van der Waals surface area (Å²) in [5.74, 6) is 0.0583. The van der Waals surface area contributed by atoms with Crippen molar-refractivity contribution in [3.05, 3.63) is 82.7 Å². The van der Waals surface area contributed by atoms with Crippen LogP contribution < -0.4 is 4.74 Å². The maximum Gasteiger partial charge on any atom is 0.417 e. The van der Waals surface area contributed by atoms with Crippen LogP contribution in [0.2, 0.25) is 0 Å². The number of halogens is 4. The molecule has 0 bridgehead atoms. The summed E-state index contributed by atoms with van der Waals surface area (Å²) in [7, 11) is 0. The van der Waals surface area contributed by atoms with E-state index >= 15 is 0 Å². The Bertz CT molecular complexity index is 1440. The predicted octanol–water partition coefficient (Wildman–Crippen LogP) is 7.19. The number of carbonyl (C=O) groups excluding carboxylic acids is 1. The van der Waals surface area contributed by atoms with Gasteiger partial charge in [-0.2, -0.15) is 13.2 Å². The highest BCUT2D eigenvalue weighted by Gasteiger charge is 2.36. The van der Waals surface area contributed by atoms with Gasteiger partial charge in [0.05, 0.1) is 23.7 Å². The Morgan fingerprint density at radius 3 is 2.50 bits per heavy atom. The summed E-state index contributed by atoms with van der Waals surface area (Å²) in [5.41, 5.74) is -0.242. The third kappa shape index (κ3) is 5.39. The second-order valence-electron chi connectivity index (χ2n) is 9.37. The van der Waals surface area contributed by atoms with E-state index < -0.39 is 23.1 Å². The molecule has 1 fully saturated rings. The highest BCUT2D eigenvalue weighted by molar-refractivity contribution is 7.21. The Kier molecular flexibility index (Phi) is 7.40. The molecular weight excluding hydrogens is 518 g/mol. The SMILES string of the molecule is O=C(c1ccccc1C(F)(F)F)c1sc2cc(O)ccc2c1-c1ccc(OCCCN2CC(CF)C2)cc1. The molecule has 2 heterocycles. The second-order valence-corrected chi connectivity index (χ2v) is 10.4. The van der Waals surface area contributed by atoms with Crippen LogP contribution in [-0.4, -0.2) is 48.7 Å². The van der Waals surface area contributed by atoms with E-state index in [9.17, 15) is 27.5 Å². The number of benzene rings is 3. The molecule has 1 aliphatic heterocycles. The molecule has 0 unspecified atom stereocenters. The van der Waals surface area contributed by atoms with E-state index in [2.05, 4.69) is 4.90 Å². The van der Waals surface area contributed by atoms with Crippen molar-refractivity contribution in [2.75, 3.05) is 32.9 Å². The maximum absolute atomic E-state index is 13.7. The van der Waals surface area contributed by atoms with Crippen LogP contribution in [0.4, 0.5) is 17.6 Å². The molecule has 0 atom stereocenters. The van der Waals surface area contributed by atoms with E-state index in [0.717, 1.165) is 43.5 Å².